The third kappa shape index (κ3) is 4.45. The number of amides is 1. The van der Waals surface area contributed by atoms with Crippen molar-refractivity contribution in [3.8, 4) is 0 Å². The summed E-state index contributed by atoms with van der Waals surface area (Å²) in [5.74, 6) is 0.113. The van der Waals surface area contributed by atoms with Crippen molar-refractivity contribution < 1.29 is 13.2 Å². The van der Waals surface area contributed by atoms with Crippen LogP contribution in [0.5, 0.6) is 0 Å². The van der Waals surface area contributed by atoms with Crippen molar-refractivity contribution in [2.45, 2.75) is 50.0 Å². The quantitative estimate of drug-likeness (QED) is 0.640. The highest BCUT2D eigenvalue weighted by atomic mass is 35.5. The SMILES string of the molecule is CC[C@H](NC(=O)c1cc2c(cc1Cl)N1CCCCCC1=NS2(=O)=O)c1ccc(Cl)cc1. The molecule has 6 nitrogen and oxygen atoms in total. The summed E-state index contributed by atoms with van der Waals surface area (Å²) in [6.07, 6.45) is 4.12. The van der Waals surface area contributed by atoms with Crippen LogP contribution in [0.2, 0.25) is 10.0 Å². The van der Waals surface area contributed by atoms with Crippen LogP contribution in [0.3, 0.4) is 0 Å². The Morgan fingerprint density at radius 3 is 2.61 bits per heavy atom. The molecule has 1 amide bonds. The second kappa shape index (κ2) is 8.81. The number of anilines is 1. The fourth-order valence-electron chi connectivity index (χ4n) is 4.02. The predicted octanol–water partition coefficient (Wildman–Crippen LogP) is 5.36. The molecule has 9 heteroatoms. The molecule has 0 saturated carbocycles. The monoisotopic (exact) mass is 479 g/mol. The molecule has 1 fully saturated rings. The zero-order chi connectivity index (χ0) is 22.2. The molecule has 31 heavy (non-hydrogen) atoms. The number of rotatable bonds is 4. The highest BCUT2D eigenvalue weighted by Gasteiger charge is 2.33. The van der Waals surface area contributed by atoms with Crippen LogP contribution >= 0.6 is 23.2 Å². The molecule has 2 aromatic carbocycles. The van der Waals surface area contributed by atoms with Gasteiger partial charge in [-0.05, 0) is 49.1 Å². The first-order valence-electron chi connectivity index (χ1n) is 10.3. The highest BCUT2D eigenvalue weighted by Crippen LogP contribution is 2.38. The minimum atomic E-state index is -3.90. The fraction of sp³-hybridized carbons (Fsp3) is 0.364. The summed E-state index contributed by atoms with van der Waals surface area (Å²) < 4.78 is 29.7. The van der Waals surface area contributed by atoms with Crippen molar-refractivity contribution in [1.82, 2.24) is 5.32 Å². The Kier molecular flexibility index (Phi) is 6.28. The van der Waals surface area contributed by atoms with Crippen molar-refractivity contribution in [2.24, 2.45) is 4.40 Å². The van der Waals surface area contributed by atoms with Crippen molar-refractivity contribution in [3.63, 3.8) is 0 Å². The second-order valence-corrected chi connectivity index (χ2v) is 10.1. The maximum atomic E-state index is 13.0. The van der Waals surface area contributed by atoms with E-state index in [1.165, 1.54) is 6.07 Å². The van der Waals surface area contributed by atoms with Gasteiger partial charge in [0.2, 0.25) is 0 Å². The number of fused-ring (bicyclic) bond motifs is 3. The smallest absolute Gasteiger partial charge is 0.286 e. The molecule has 0 unspecified atom stereocenters. The van der Waals surface area contributed by atoms with E-state index in [0.717, 1.165) is 24.8 Å². The number of carbonyl (C=O) groups is 1. The summed E-state index contributed by atoms with van der Waals surface area (Å²) in [5, 5.41) is 3.77. The Labute approximate surface area is 192 Å². The van der Waals surface area contributed by atoms with Crippen LogP contribution in [-0.2, 0) is 10.0 Å². The van der Waals surface area contributed by atoms with Gasteiger partial charge in [0, 0.05) is 18.0 Å². The van der Waals surface area contributed by atoms with Gasteiger partial charge in [-0.3, -0.25) is 4.79 Å². The van der Waals surface area contributed by atoms with E-state index in [9.17, 15) is 13.2 Å². The van der Waals surface area contributed by atoms with Crippen molar-refractivity contribution >= 4 is 50.7 Å². The number of nitrogens with one attached hydrogen (secondary N) is 1. The van der Waals surface area contributed by atoms with E-state index in [-0.39, 0.29) is 21.5 Å². The summed E-state index contributed by atoms with van der Waals surface area (Å²) in [4.78, 5) is 15.0. The van der Waals surface area contributed by atoms with E-state index < -0.39 is 15.9 Å². The number of benzene rings is 2. The maximum absolute atomic E-state index is 13.0. The summed E-state index contributed by atoms with van der Waals surface area (Å²) in [7, 11) is -3.90. The number of amidine groups is 1. The Morgan fingerprint density at radius 1 is 1.16 bits per heavy atom. The van der Waals surface area contributed by atoms with E-state index in [2.05, 4.69) is 9.71 Å². The number of nitrogens with zero attached hydrogens (tertiary/aromatic N) is 2. The van der Waals surface area contributed by atoms with Gasteiger partial charge in [0.15, 0.2) is 0 Å². The van der Waals surface area contributed by atoms with Crippen molar-refractivity contribution in [3.05, 3.63) is 57.6 Å². The lowest BCUT2D eigenvalue weighted by Gasteiger charge is -2.30. The van der Waals surface area contributed by atoms with Crippen LogP contribution in [0.1, 0.15) is 61.0 Å². The zero-order valence-electron chi connectivity index (χ0n) is 17.1. The van der Waals surface area contributed by atoms with E-state index >= 15 is 0 Å². The molecule has 1 N–H and O–H groups in total. The first-order chi connectivity index (χ1) is 14.8. The van der Waals surface area contributed by atoms with Gasteiger partial charge in [-0.1, -0.05) is 48.7 Å². The Bertz CT molecular complexity index is 1150. The molecule has 2 heterocycles. The van der Waals surface area contributed by atoms with Gasteiger partial charge in [0.25, 0.3) is 15.9 Å². The molecule has 0 aromatic heterocycles. The predicted molar refractivity (Wildman–Crippen MR) is 124 cm³/mol. The highest BCUT2D eigenvalue weighted by molar-refractivity contribution is 7.90. The third-order valence-corrected chi connectivity index (χ3v) is 7.57. The van der Waals surface area contributed by atoms with Crippen molar-refractivity contribution in [2.75, 3.05) is 11.4 Å². The van der Waals surface area contributed by atoms with E-state index in [0.29, 0.717) is 35.9 Å². The molecular weight excluding hydrogens is 457 g/mol. The lowest BCUT2D eigenvalue weighted by molar-refractivity contribution is 0.0935. The number of carbonyl (C=O) groups excluding carboxylic acids is 1. The molecular formula is C22H23Cl2N3O3S. The van der Waals surface area contributed by atoms with Gasteiger partial charge < -0.3 is 10.2 Å². The molecule has 4 rings (SSSR count). The molecule has 0 spiro atoms. The summed E-state index contributed by atoms with van der Waals surface area (Å²) in [5.41, 5.74) is 1.52. The number of sulfonamides is 1. The molecule has 1 saturated heterocycles. The summed E-state index contributed by atoms with van der Waals surface area (Å²) in [6, 6.07) is 9.90. The van der Waals surface area contributed by atoms with Gasteiger partial charge in [0.1, 0.15) is 10.7 Å². The number of hydrogen-bond acceptors (Lipinski definition) is 4. The minimum absolute atomic E-state index is 0.0206. The lowest BCUT2D eigenvalue weighted by Crippen LogP contribution is -2.36. The van der Waals surface area contributed by atoms with Crippen molar-refractivity contribution in [1.29, 1.82) is 0 Å². The van der Waals surface area contributed by atoms with Crippen LogP contribution < -0.4 is 10.2 Å². The van der Waals surface area contributed by atoms with Gasteiger partial charge >= 0.3 is 0 Å². The standard InChI is InChI=1S/C22H23Cl2N3O3S/c1-2-18(14-7-9-15(23)10-8-14)25-22(28)16-12-20-19(13-17(16)24)27-11-5-3-4-6-21(27)26-31(20,29)30/h7-10,12-13,18H,2-6,11H2,1H3,(H,25,28)/t18-/m0/s1. The summed E-state index contributed by atoms with van der Waals surface area (Å²) >= 11 is 12.4. The molecule has 164 valence electrons. The number of halogens is 2. The van der Waals surface area contributed by atoms with Crippen LogP contribution in [0.15, 0.2) is 45.7 Å². The normalized spacial score (nSPS) is 18.3. The Morgan fingerprint density at radius 2 is 1.90 bits per heavy atom. The topological polar surface area (TPSA) is 78.8 Å². The average molecular weight is 480 g/mol. The second-order valence-electron chi connectivity index (χ2n) is 7.73. The molecule has 0 aliphatic carbocycles. The minimum Gasteiger partial charge on any atom is -0.345 e. The van der Waals surface area contributed by atoms with E-state index in [1.807, 2.05) is 24.0 Å². The fourth-order valence-corrected chi connectivity index (χ4v) is 5.66. The van der Waals surface area contributed by atoms with Gasteiger partial charge in [-0.2, -0.15) is 8.42 Å². The first-order valence-corrected chi connectivity index (χ1v) is 12.5. The lowest BCUT2D eigenvalue weighted by atomic mass is 10.0. The Hall–Kier alpha value is -2.09. The molecule has 2 aromatic rings. The first kappa shape index (κ1) is 22.1. The van der Waals surface area contributed by atoms with Crippen LogP contribution in [0, 0.1) is 0 Å². The van der Waals surface area contributed by atoms with E-state index in [1.54, 1.807) is 18.2 Å². The van der Waals surface area contributed by atoms with Crippen LogP contribution in [-0.4, -0.2) is 26.7 Å². The number of hydrogen-bond donors (Lipinski definition) is 1. The molecule has 2 aliphatic rings. The molecule has 0 bridgehead atoms. The van der Waals surface area contributed by atoms with Crippen LogP contribution in [0.4, 0.5) is 5.69 Å². The van der Waals surface area contributed by atoms with Gasteiger partial charge in [-0.25, -0.2) is 0 Å². The molecule has 1 atom stereocenters. The zero-order valence-corrected chi connectivity index (χ0v) is 19.4. The molecule has 0 radical (unpaired) electrons. The largest absolute Gasteiger partial charge is 0.345 e. The Balaban J connectivity index is 1.68. The van der Waals surface area contributed by atoms with E-state index in [4.69, 9.17) is 23.2 Å². The van der Waals surface area contributed by atoms with Crippen LogP contribution in [0.25, 0.3) is 0 Å². The van der Waals surface area contributed by atoms with Gasteiger partial charge in [-0.15, -0.1) is 4.40 Å². The summed E-state index contributed by atoms with van der Waals surface area (Å²) in [6.45, 7) is 2.63. The van der Waals surface area contributed by atoms with Gasteiger partial charge in [0.05, 0.1) is 22.3 Å². The molecule has 2 aliphatic heterocycles. The average Bonchev–Trinajstić information content (AvgIpc) is 2.97. The maximum Gasteiger partial charge on any atom is 0.286 e. The third-order valence-electron chi connectivity index (χ3n) is 5.67.